The van der Waals surface area contributed by atoms with E-state index in [1.807, 2.05) is 0 Å². The molecule has 0 fully saturated rings. The summed E-state index contributed by atoms with van der Waals surface area (Å²) < 4.78 is 14.9. The molecule has 0 spiro atoms. The molecule has 1 aromatic rings. The predicted octanol–water partition coefficient (Wildman–Crippen LogP) is 0.797. The second-order valence-corrected chi connectivity index (χ2v) is 3.17. The SMILES string of the molecule is COC(=O)c1ccc(OCC(=N)N)c(OC)c1. The highest BCUT2D eigenvalue weighted by molar-refractivity contribution is 5.90. The molecule has 0 amide bonds. The Labute approximate surface area is 98.8 Å². The summed E-state index contributed by atoms with van der Waals surface area (Å²) in [6, 6.07) is 4.61. The van der Waals surface area contributed by atoms with E-state index in [2.05, 4.69) is 4.74 Å². The summed E-state index contributed by atoms with van der Waals surface area (Å²) in [4.78, 5) is 11.3. The van der Waals surface area contributed by atoms with Crippen molar-refractivity contribution in [3.8, 4) is 11.5 Å². The molecular formula is C11H14N2O4. The third kappa shape index (κ3) is 3.37. The largest absolute Gasteiger partial charge is 0.493 e. The van der Waals surface area contributed by atoms with Crippen molar-refractivity contribution in [2.75, 3.05) is 20.8 Å². The molecule has 0 unspecified atom stereocenters. The maximum atomic E-state index is 11.3. The van der Waals surface area contributed by atoms with Gasteiger partial charge in [-0.2, -0.15) is 0 Å². The fourth-order valence-electron chi connectivity index (χ4n) is 1.19. The van der Waals surface area contributed by atoms with Crippen LogP contribution in [0.2, 0.25) is 0 Å². The number of amidine groups is 1. The molecule has 0 bridgehead atoms. The number of carbonyl (C=O) groups excluding carboxylic acids is 1. The van der Waals surface area contributed by atoms with Gasteiger partial charge in [0.05, 0.1) is 19.8 Å². The molecule has 92 valence electrons. The average Bonchev–Trinajstić information content (AvgIpc) is 2.34. The van der Waals surface area contributed by atoms with Crippen LogP contribution in [0.3, 0.4) is 0 Å². The highest BCUT2D eigenvalue weighted by Gasteiger charge is 2.11. The van der Waals surface area contributed by atoms with Crippen molar-refractivity contribution < 1.29 is 19.0 Å². The van der Waals surface area contributed by atoms with Gasteiger partial charge in [-0.05, 0) is 18.2 Å². The molecule has 1 rings (SSSR count). The molecule has 0 aliphatic carbocycles. The third-order valence-corrected chi connectivity index (χ3v) is 1.97. The lowest BCUT2D eigenvalue weighted by molar-refractivity contribution is 0.0600. The first-order valence-electron chi connectivity index (χ1n) is 4.80. The summed E-state index contributed by atoms with van der Waals surface area (Å²) in [6.45, 7) is -0.0338. The van der Waals surface area contributed by atoms with Crippen LogP contribution in [-0.4, -0.2) is 32.6 Å². The van der Waals surface area contributed by atoms with E-state index in [0.717, 1.165) is 0 Å². The van der Waals surface area contributed by atoms with E-state index < -0.39 is 5.97 Å². The molecule has 0 saturated heterocycles. The molecule has 17 heavy (non-hydrogen) atoms. The summed E-state index contributed by atoms with van der Waals surface area (Å²) in [6.07, 6.45) is 0. The van der Waals surface area contributed by atoms with E-state index in [9.17, 15) is 4.79 Å². The first-order chi connectivity index (χ1) is 8.08. The number of nitrogens with two attached hydrogens (primary N) is 1. The first kappa shape index (κ1) is 12.8. The van der Waals surface area contributed by atoms with Crippen LogP contribution in [-0.2, 0) is 4.74 Å². The number of methoxy groups -OCH3 is 2. The molecule has 0 heterocycles. The fraction of sp³-hybridized carbons (Fsp3) is 0.273. The standard InChI is InChI=1S/C11H14N2O4/c1-15-9-5-7(11(14)16-2)3-4-8(9)17-6-10(12)13/h3-5H,6H2,1-2H3,(H3,12,13). The van der Waals surface area contributed by atoms with Crippen LogP contribution in [0.15, 0.2) is 18.2 Å². The van der Waals surface area contributed by atoms with Gasteiger partial charge in [0.15, 0.2) is 11.5 Å². The van der Waals surface area contributed by atoms with Gasteiger partial charge in [-0.25, -0.2) is 4.79 Å². The molecule has 6 heteroatoms. The number of esters is 1. The summed E-state index contributed by atoms with van der Waals surface area (Å²) in [5.41, 5.74) is 5.54. The summed E-state index contributed by atoms with van der Waals surface area (Å²) >= 11 is 0. The van der Waals surface area contributed by atoms with Gasteiger partial charge in [0.1, 0.15) is 12.4 Å². The van der Waals surface area contributed by atoms with Gasteiger partial charge >= 0.3 is 5.97 Å². The van der Waals surface area contributed by atoms with Crippen LogP contribution in [0.1, 0.15) is 10.4 Å². The predicted molar refractivity (Wildman–Crippen MR) is 61.7 cm³/mol. The van der Waals surface area contributed by atoms with Crippen LogP contribution in [0, 0.1) is 5.41 Å². The summed E-state index contributed by atoms with van der Waals surface area (Å²) in [7, 11) is 2.76. The topological polar surface area (TPSA) is 94.6 Å². The number of hydrogen-bond acceptors (Lipinski definition) is 5. The van der Waals surface area contributed by atoms with Crippen molar-refractivity contribution in [1.29, 1.82) is 5.41 Å². The Bertz CT molecular complexity index is 431. The Morgan fingerprint density at radius 3 is 2.59 bits per heavy atom. The quantitative estimate of drug-likeness (QED) is 0.449. The Kier molecular flexibility index (Phi) is 4.33. The van der Waals surface area contributed by atoms with Gasteiger partial charge in [0.25, 0.3) is 0 Å². The number of benzene rings is 1. The van der Waals surface area contributed by atoms with Crippen LogP contribution < -0.4 is 15.2 Å². The second kappa shape index (κ2) is 5.74. The van der Waals surface area contributed by atoms with Gasteiger partial charge in [0.2, 0.25) is 0 Å². The lowest BCUT2D eigenvalue weighted by Gasteiger charge is -2.10. The molecule has 1 aromatic carbocycles. The zero-order valence-electron chi connectivity index (χ0n) is 9.65. The van der Waals surface area contributed by atoms with E-state index in [1.165, 1.54) is 20.3 Å². The first-order valence-corrected chi connectivity index (χ1v) is 4.80. The third-order valence-electron chi connectivity index (χ3n) is 1.97. The van der Waals surface area contributed by atoms with Crippen molar-refractivity contribution in [3.05, 3.63) is 23.8 Å². The molecule has 0 saturated carbocycles. The minimum absolute atomic E-state index is 0.0338. The zero-order valence-corrected chi connectivity index (χ0v) is 9.65. The van der Waals surface area contributed by atoms with Crippen molar-refractivity contribution >= 4 is 11.8 Å². The van der Waals surface area contributed by atoms with Gasteiger partial charge in [0, 0.05) is 0 Å². The Morgan fingerprint density at radius 2 is 2.06 bits per heavy atom. The molecule has 0 atom stereocenters. The maximum Gasteiger partial charge on any atom is 0.337 e. The summed E-state index contributed by atoms with van der Waals surface area (Å²) in [5, 5.41) is 7.05. The number of rotatable bonds is 5. The molecule has 0 aliphatic rings. The van der Waals surface area contributed by atoms with E-state index >= 15 is 0 Å². The lowest BCUT2D eigenvalue weighted by atomic mass is 10.2. The van der Waals surface area contributed by atoms with Gasteiger partial charge in [-0.1, -0.05) is 0 Å². The number of ether oxygens (including phenoxy) is 3. The molecule has 0 radical (unpaired) electrons. The number of carbonyl (C=O) groups is 1. The van der Waals surface area contributed by atoms with Crippen molar-refractivity contribution in [1.82, 2.24) is 0 Å². The highest BCUT2D eigenvalue weighted by atomic mass is 16.5. The second-order valence-electron chi connectivity index (χ2n) is 3.17. The molecule has 0 aliphatic heterocycles. The van der Waals surface area contributed by atoms with Crippen molar-refractivity contribution in [2.24, 2.45) is 5.73 Å². The van der Waals surface area contributed by atoms with Gasteiger partial charge in [-0.3, -0.25) is 5.41 Å². The van der Waals surface area contributed by atoms with E-state index in [0.29, 0.717) is 17.1 Å². The van der Waals surface area contributed by atoms with Crippen molar-refractivity contribution in [2.45, 2.75) is 0 Å². The van der Waals surface area contributed by atoms with Crippen LogP contribution in [0.25, 0.3) is 0 Å². The van der Waals surface area contributed by atoms with Crippen molar-refractivity contribution in [3.63, 3.8) is 0 Å². The molecule has 6 nitrogen and oxygen atoms in total. The van der Waals surface area contributed by atoms with Crippen LogP contribution >= 0.6 is 0 Å². The van der Waals surface area contributed by atoms with Gasteiger partial charge in [-0.15, -0.1) is 0 Å². The number of hydrogen-bond donors (Lipinski definition) is 2. The summed E-state index contributed by atoms with van der Waals surface area (Å²) in [5.74, 6) is 0.245. The highest BCUT2D eigenvalue weighted by Crippen LogP contribution is 2.28. The normalized spacial score (nSPS) is 9.53. The van der Waals surface area contributed by atoms with Crippen LogP contribution in [0.4, 0.5) is 0 Å². The molecule has 3 N–H and O–H groups in total. The average molecular weight is 238 g/mol. The lowest BCUT2D eigenvalue weighted by Crippen LogP contribution is -2.19. The molecular weight excluding hydrogens is 224 g/mol. The van der Waals surface area contributed by atoms with E-state index in [4.69, 9.17) is 20.6 Å². The monoisotopic (exact) mass is 238 g/mol. The fourth-order valence-corrected chi connectivity index (χ4v) is 1.19. The minimum Gasteiger partial charge on any atom is -0.493 e. The van der Waals surface area contributed by atoms with E-state index in [1.54, 1.807) is 12.1 Å². The van der Waals surface area contributed by atoms with Gasteiger partial charge < -0.3 is 19.9 Å². The van der Waals surface area contributed by atoms with E-state index in [-0.39, 0.29) is 12.4 Å². The smallest absolute Gasteiger partial charge is 0.337 e. The zero-order chi connectivity index (χ0) is 12.8. The Hall–Kier alpha value is -2.24. The maximum absolute atomic E-state index is 11.3. The Morgan fingerprint density at radius 1 is 1.35 bits per heavy atom. The minimum atomic E-state index is -0.457. The number of nitrogens with one attached hydrogen (secondary N) is 1. The van der Waals surface area contributed by atoms with Crippen LogP contribution in [0.5, 0.6) is 11.5 Å². The Balaban J connectivity index is 2.93. The molecule has 0 aromatic heterocycles.